The molecule has 1 aromatic carbocycles. The van der Waals surface area contributed by atoms with Crippen molar-refractivity contribution in [3.63, 3.8) is 0 Å². The number of hydrogen-bond donors (Lipinski definition) is 1. The normalized spacial score (nSPS) is 13.2. The highest BCUT2D eigenvalue weighted by Crippen LogP contribution is 2.30. The van der Waals surface area contributed by atoms with Gasteiger partial charge >= 0.3 is 6.18 Å². The molecule has 0 radical (unpaired) electrons. The van der Waals surface area contributed by atoms with E-state index in [0.29, 0.717) is 18.4 Å². The van der Waals surface area contributed by atoms with Gasteiger partial charge in [-0.1, -0.05) is 19.1 Å². The third kappa shape index (κ3) is 4.05. The fourth-order valence-corrected chi connectivity index (χ4v) is 1.61. The topological polar surface area (TPSA) is 29.1 Å². The molecule has 0 aliphatic heterocycles. The predicted octanol–water partition coefficient (Wildman–Crippen LogP) is 3.68. The smallest absolute Gasteiger partial charge is 0.350 e. The molecule has 0 aliphatic carbocycles. The van der Waals surface area contributed by atoms with E-state index >= 15 is 0 Å². The maximum atomic E-state index is 12.5. The van der Waals surface area contributed by atoms with Crippen molar-refractivity contribution in [3.8, 4) is 0 Å². The molecule has 100 valence electrons. The van der Waals surface area contributed by atoms with Gasteiger partial charge in [-0.05, 0) is 31.0 Å². The lowest BCUT2D eigenvalue weighted by Gasteiger charge is -2.16. The summed E-state index contributed by atoms with van der Waals surface area (Å²) >= 11 is 0. The van der Waals surface area contributed by atoms with Crippen molar-refractivity contribution >= 4 is 5.91 Å². The Morgan fingerprint density at radius 1 is 1.39 bits per heavy atom. The first-order valence-electron chi connectivity index (χ1n) is 5.81. The highest BCUT2D eigenvalue weighted by molar-refractivity contribution is 5.76. The van der Waals surface area contributed by atoms with E-state index in [1.165, 1.54) is 6.07 Å². The Bertz CT molecular complexity index is 415. The minimum absolute atomic E-state index is 0.151. The van der Waals surface area contributed by atoms with Gasteiger partial charge in [-0.25, -0.2) is 0 Å². The van der Waals surface area contributed by atoms with Gasteiger partial charge in [0.2, 0.25) is 5.91 Å². The number of carbonyl (C=O) groups is 1. The number of rotatable bonds is 4. The summed E-state index contributed by atoms with van der Waals surface area (Å²) in [5.74, 6) is -0.151. The van der Waals surface area contributed by atoms with Gasteiger partial charge in [0.1, 0.15) is 0 Å². The maximum Gasteiger partial charge on any atom is 0.416 e. The van der Waals surface area contributed by atoms with E-state index in [1.807, 2.05) is 6.92 Å². The Labute approximate surface area is 104 Å². The van der Waals surface area contributed by atoms with Gasteiger partial charge in [0.25, 0.3) is 0 Å². The second-order valence-corrected chi connectivity index (χ2v) is 4.16. The summed E-state index contributed by atoms with van der Waals surface area (Å²) < 4.78 is 37.6. The Morgan fingerprint density at radius 3 is 2.61 bits per heavy atom. The summed E-state index contributed by atoms with van der Waals surface area (Å²) in [5, 5.41) is 2.67. The van der Waals surface area contributed by atoms with E-state index in [1.54, 1.807) is 13.0 Å². The highest BCUT2D eigenvalue weighted by atomic mass is 19.4. The SMILES string of the molecule is CCCC(=O)NC(C)c1cccc(C(F)(F)F)c1. The fraction of sp³-hybridized carbons (Fsp3) is 0.462. The van der Waals surface area contributed by atoms with E-state index in [0.717, 1.165) is 12.1 Å². The number of carbonyl (C=O) groups excluding carboxylic acids is 1. The molecule has 1 rings (SSSR count). The molecule has 0 spiro atoms. The predicted molar refractivity (Wildman–Crippen MR) is 62.9 cm³/mol. The molecule has 1 unspecified atom stereocenters. The van der Waals surface area contributed by atoms with Crippen LogP contribution in [0.1, 0.15) is 43.9 Å². The van der Waals surface area contributed by atoms with Crippen LogP contribution in [0.15, 0.2) is 24.3 Å². The zero-order valence-corrected chi connectivity index (χ0v) is 10.3. The number of halogens is 3. The third-order valence-corrected chi connectivity index (χ3v) is 2.57. The van der Waals surface area contributed by atoms with Gasteiger partial charge in [0.05, 0.1) is 11.6 Å². The number of alkyl halides is 3. The van der Waals surface area contributed by atoms with Crippen LogP contribution in [0.3, 0.4) is 0 Å². The summed E-state index contributed by atoms with van der Waals surface area (Å²) in [6, 6.07) is 4.58. The van der Waals surface area contributed by atoms with Crippen molar-refractivity contribution in [1.82, 2.24) is 5.32 Å². The van der Waals surface area contributed by atoms with Gasteiger partial charge in [-0.2, -0.15) is 13.2 Å². The van der Waals surface area contributed by atoms with Crippen LogP contribution in [-0.4, -0.2) is 5.91 Å². The van der Waals surface area contributed by atoms with Crippen molar-refractivity contribution in [2.24, 2.45) is 0 Å². The monoisotopic (exact) mass is 259 g/mol. The van der Waals surface area contributed by atoms with Crippen LogP contribution >= 0.6 is 0 Å². The summed E-state index contributed by atoms with van der Waals surface area (Å²) in [6.45, 7) is 3.54. The molecule has 0 fully saturated rings. The molecular weight excluding hydrogens is 243 g/mol. The molecule has 1 atom stereocenters. The molecule has 2 nitrogen and oxygen atoms in total. The minimum atomic E-state index is -4.36. The van der Waals surface area contributed by atoms with E-state index in [9.17, 15) is 18.0 Å². The lowest BCUT2D eigenvalue weighted by Crippen LogP contribution is -2.26. The van der Waals surface area contributed by atoms with E-state index in [2.05, 4.69) is 5.32 Å². The van der Waals surface area contributed by atoms with Crippen molar-refractivity contribution in [1.29, 1.82) is 0 Å². The quantitative estimate of drug-likeness (QED) is 0.878. The third-order valence-electron chi connectivity index (χ3n) is 2.57. The first-order chi connectivity index (χ1) is 8.34. The molecular formula is C13H16F3NO. The summed E-state index contributed by atoms with van der Waals surface area (Å²) in [7, 11) is 0. The lowest BCUT2D eigenvalue weighted by atomic mass is 10.0. The number of amides is 1. The van der Waals surface area contributed by atoms with Crippen LogP contribution < -0.4 is 5.32 Å². The van der Waals surface area contributed by atoms with Gasteiger partial charge in [0.15, 0.2) is 0 Å². The van der Waals surface area contributed by atoms with Crippen LogP contribution in [0.2, 0.25) is 0 Å². The standard InChI is InChI=1S/C13H16F3NO/c1-3-5-12(18)17-9(2)10-6-4-7-11(8-10)13(14,15)16/h4,6-9H,3,5H2,1-2H3,(H,17,18). The first-order valence-corrected chi connectivity index (χ1v) is 5.81. The second-order valence-electron chi connectivity index (χ2n) is 4.16. The maximum absolute atomic E-state index is 12.5. The Kier molecular flexibility index (Phi) is 4.76. The van der Waals surface area contributed by atoms with Crippen molar-refractivity contribution in [2.75, 3.05) is 0 Å². The molecule has 1 N–H and O–H groups in total. The number of nitrogens with one attached hydrogen (secondary N) is 1. The van der Waals surface area contributed by atoms with E-state index in [-0.39, 0.29) is 5.91 Å². The Hall–Kier alpha value is -1.52. The zero-order valence-electron chi connectivity index (χ0n) is 10.3. The van der Waals surface area contributed by atoms with Crippen LogP contribution in [0, 0.1) is 0 Å². The van der Waals surface area contributed by atoms with Crippen molar-refractivity contribution in [2.45, 2.75) is 38.9 Å². The lowest BCUT2D eigenvalue weighted by molar-refractivity contribution is -0.137. The number of hydrogen-bond acceptors (Lipinski definition) is 1. The largest absolute Gasteiger partial charge is 0.416 e. The van der Waals surface area contributed by atoms with Crippen molar-refractivity contribution in [3.05, 3.63) is 35.4 Å². The van der Waals surface area contributed by atoms with Gasteiger partial charge < -0.3 is 5.32 Å². The molecule has 0 saturated heterocycles. The van der Waals surface area contributed by atoms with Crippen LogP contribution in [0.4, 0.5) is 13.2 Å². The van der Waals surface area contributed by atoms with Crippen LogP contribution in [-0.2, 0) is 11.0 Å². The summed E-state index contributed by atoms with van der Waals surface area (Å²) in [4.78, 5) is 11.4. The average Bonchev–Trinajstić information content (AvgIpc) is 2.28. The Balaban J connectivity index is 2.80. The van der Waals surface area contributed by atoms with E-state index < -0.39 is 17.8 Å². The molecule has 1 amide bonds. The molecule has 0 aliphatic rings. The first kappa shape index (κ1) is 14.5. The average molecular weight is 259 g/mol. The van der Waals surface area contributed by atoms with Gasteiger partial charge in [0, 0.05) is 6.42 Å². The van der Waals surface area contributed by atoms with Crippen LogP contribution in [0.25, 0.3) is 0 Å². The molecule has 0 bridgehead atoms. The summed E-state index contributed by atoms with van der Waals surface area (Å²) in [6.07, 6.45) is -3.27. The van der Waals surface area contributed by atoms with E-state index in [4.69, 9.17) is 0 Å². The summed E-state index contributed by atoms with van der Waals surface area (Å²) in [5.41, 5.74) is -0.245. The highest BCUT2D eigenvalue weighted by Gasteiger charge is 2.30. The fourth-order valence-electron chi connectivity index (χ4n) is 1.61. The number of benzene rings is 1. The molecule has 5 heteroatoms. The second kappa shape index (κ2) is 5.89. The molecule has 0 saturated carbocycles. The van der Waals surface area contributed by atoms with Gasteiger partial charge in [-0.3, -0.25) is 4.79 Å². The van der Waals surface area contributed by atoms with Gasteiger partial charge in [-0.15, -0.1) is 0 Å². The molecule has 0 heterocycles. The molecule has 18 heavy (non-hydrogen) atoms. The van der Waals surface area contributed by atoms with Crippen LogP contribution in [0.5, 0.6) is 0 Å². The Morgan fingerprint density at radius 2 is 2.06 bits per heavy atom. The van der Waals surface area contributed by atoms with Crippen molar-refractivity contribution < 1.29 is 18.0 Å². The molecule has 0 aromatic heterocycles. The minimum Gasteiger partial charge on any atom is -0.350 e. The zero-order chi connectivity index (χ0) is 13.8. The molecule has 1 aromatic rings.